The molecule has 2 aromatic heterocycles. The third-order valence-electron chi connectivity index (χ3n) is 1.91. The van der Waals surface area contributed by atoms with E-state index in [1.54, 1.807) is 6.20 Å². The summed E-state index contributed by atoms with van der Waals surface area (Å²) in [5.41, 5.74) is 2.33. The number of hydrogen-bond acceptors (Lipinski definition) is 4. The largest absolute Gasteiger partial charge is 0.432 e. The van der Waals surface area contributed by atoms with Crippen molar-refractivity contribution in [3.63, 3.8) is 0 Å². The molecule has 4 nitrogen and oxygen atoms in total. The normalized spacial score (nSPS) is 11.1. The van der Waals surface area contributed by atoms with Crippen LogP contribution < -0.4 is 0 Å². The van der Waals surface area contributed by atoms with Crippen LogP contribution in [0.4, 0.5) is 0 Å². The van der Waals surface area contributed by atoms with Gasteiger partial charge < -0.3 is 4.42 Å². The Morgan fingerprint density at radius 2 is 2.23 bits per heavy atom. The van der Waals surface area contributed by atoms with E-state index in [2.05, 4.69) is 21.3 Å². The summed E-state index contributed by atoms with van der Waals surface area (Å²) in [6.07, 6.45) is 5.69. The predicted octanol–water partition coefficient (Wildman–Crippen LogP) is 1.57. The van der Waals surface area contributed by atoms with Gasteiger partial charge in [-0.25, -0.2) is 15.0 Å². The van der Waals surface area contributed by atoms with E-state index in [0.717, 1.165) is 16.4 Å². The van der Waals surface area contributed by atoms with Crippen LogP contribution in [0.3, 0.4) is 0 Å². The van der Waals surface area contributed by atoms with E-state index in [9.17, 15) is 0 Å². The second-order valence-corrected chi connectivity index (χ2v) is 2.71. The molecule has 0 aliphatic rings. The Bertz CT molecular complexity index is 523. The minimum absolute atomic E-state index is 0.700. The van der Waals surface area contributed by atoms with Crippen LogP contribution in [-0.4, -0.2) is 15.0 Å². The molecule has 1 aromatic carbocycles. The highest BCUT2D eigenvalue weighted by Crippen LogP contribution is 2.18. The standard InChI is InChI=1S/C9H4N3O/c1-6-3-10-4-11-7(6)2-9-8(1)12-5-13-9/h1-4H. The van der Waals surface area contributed by atoms with Crippen LogP contribution in [0.5, 0.6) is 0 Å². The van der Waals surface area contributed by atoms with Gasteiger partial charge in [-0.1, -0.05) is 0 Å². The number of hydrogen-bond donors (Lipinski definition) is 0. The molecule has 13 heavy (non-hydrogen) atoms. The van der Waals surface area contributed by atoms with E-state index in [1.165, 1.54) is 6.33 Å². The quantitative estimate of drug-likeness (QED) is 0.513. The zero-order chi connectivity index (χ0) is 8.67. The SMILES string of the molecule is [c]1nc2cc3cncnc3cc2o1. The van der Waals surface area contributed by atoms with Crippen molar-refractivity contribution in [2.45, 2.75) is 0 Å². The summed E-state index contributed by atoms with van der Waals surface area (Å²) < 4.78 is 5.03. The highest BCUT2D eigenvalue weighted by Gasteiger charge is 2.01. The maximum Gasteiger partial charge on any atom is 0.284 e. The van der Waals surface area contributed by atoms with E-state index < -0.39 is 0 Å². The van der Waals surface area contributed by atoms with Crippen LogP contribution >= 0.6 is 0 Å². The van der Waals surface area contributed by atoms with Crippen LogP contribution in [-0.2, 0) is 0 Å². The van der Waals surface area contributed by atoms with E-state index >= 15 is 0 Å². The molecule has 0 bridgehead atoms. The highest BCUT2D eigenvalue weighted by atomic mass is 16.3. The molecule has 0 saturated carbocycles. The Morgan fingerprint density at radius 1 is 1.23 bits per heavy atom. The van der Waals surface area contributed by atoms with Crippen molar-refractivity contribution in [1.29, 1.82) is 0 Å². The average molecular weight is 170 g/mol. The van der Waals surface area contributed by atoms with Crippen molar-refractivity contribution in [2.75, 3.05) is 0 Å². The lowest BCUT2D eigenvalue weighted by Gasteiger charge is -1.93. The molecule has 4 heteroatoms. The molecular weight excluding hydrogens is 166 g/mol. The summed E-state index contributed by atoms with van der Waals surface area (Å²) in [4.78, 5) is 11.9. The second-order valence-electron chi connectivity index (χ2n) is 2.71. The first-order chi connectivity index (χ1) is 6.43. The van der Waals surface area contributed by atoms with Gasteiger partial charge in [-0.15, -0.1) is 0 Å². The Kier molecular flexibility index (Phi) is 1.14. The van der Waals surface area contributed by atoms with Gasteiger partial charge in [0.15, 0.2) is 5.58 Å². The number of aromatic nitrogens is 3. The number of oxazole rings is 1. The lowest BCUT2D eigenvalue weighted by molar-refractivity contribution is 0.591. The molecule has 0 N–H and O–H groups in total. The molecule has 0 saturated heterocycles. The van der Waals surface area contributed by atoms with Crippen LogP contribution in [0, 0.1) is 6.39 Å². The first-order valence-electron chi connectivity index (χ1n) is 3.80. The summed E-state index contributed by atoms with van der Waals surface area (Å²) in [6.45, 7) is 0. The minimum Gasteiger partial charge on any atom is -0.432 e. The summed E-state index contributed by atoms with van der Waals surface area (Å²) >= 11 is 0. The van der Waals surface area contributed by atoms with Gasteiger partial charge >= 0.3 is 0 Å². The van der Waals surface area contributed by atoms with Gasteiger partial charge in [0.05, 0.1) is 5.52 Å². The number of nitrogens with zero attached hydrogens (tertiary/aromatic N) is 3. The van der Waals surface area contributed by atoms with Gasteiger partial charge in [-0.05, 0) is 6.07 Å². The fourth-order valence-corrected chi connectivity index (χ4v) is 1.29. The Hall–Kier alpha value is -1.97. The monoisotopic (exact) mass is 170 g/mol. The average Bonchev–Trinajstić information content (AvgIpc) is 2.61. The van der Waals surface area contributed by atoms with Gasteiger partial charge in [0.2, 0.25) is 0 Å². The third kappa shape index (κ3) is 0.885. The molecule has 0 fully saturated rings. The van der Waals surface area contributed by atoms with Gasteiger partial charge in [0, 0.05) is 17.6 Å². The zero-order valence-corrected chi connectivity index (χ0v) is 6.56. The Balaban J connectivity index is 2.57. The van der Waals surface area contributed by atoms with Crippen LogP contribution in [0.15, 0.2) is 29.1 Å². The first-order valence-corrected chi connectivity index (χ1v) is 3.80. The van der Waals surface area contributed by atoms with Crippen molar-refractivity contribution in [3.8, 4) is 0 Å². The van der Waals surface area contributed by atoms with E-state index in [-0.39, 0.29) is 0 Å². The van der Waals surface area contributed by atoms with Gasteiger partial charge in [0.1, 0.15) is 11.8 Å². The molecule has 0 spiro atoms. The van der Waals surface area contributed by atoms with E-state index in [1.807, 2.05) is 12.1 Å². The molecule has 0 amide bonds. The number of fused-ring (bicyclic) bond motifs is 2. The molecule has 3 rings (SSSR count). The van der Waals surface area contributed by atoms with Crippen LogP contribution in [0.2, 0.25) is 0 Å². The predicted molar refractivity (Wildman–Crippen MR) is 45.9 cm³/mol. The van der Waals surface area contributed by atoms with Crippen molar-refractivity contribution in [2.24, 2.45) is 0 Å². The molecule has 61 valence electrons. The van der Waals surface area contributed by atoms with Crippen molar-refractivity contribution in [1.82, 2.24) is 15.0 Å². The van der Waals surface area contributed by atoms with Crippen LogP contribution in [0.1, 0.15) is 0 Å². The van der Waals surface area contributed by atoms with Gasteiger partial charge in [0.25, 0.3) is 6.39 Å². The van der Waals surface area contributed by atoms with E-state index in [0.29, 0.717) is 5.58 Å². The molecule has 0 unspecified atom stereocenters. The lowest BCUT2D eigenvalue weighted by atomic mass is 10.2. The highest BCUT2D eigenvalue weighted by molar-refractivity contribution is 5.91. The van der Waals surface area contributed by atoms with Crippen molar-refractivity contribution < 1.29 is 4.42 Å². The molecule has 1 radical (unpaired) electrons. The summed E-state index contributed by atoms with van der Waals surface area (Å²) in [7, 11) is 0. The third-order valence-corrected chi connectivity index (χ3v) is 1.91. The molecular formula is C9H4N3O. The molecule has 0 atom stereocenters. The fraction of sp³-hybridized carbons (Fsp3) is 0. The maximum absolute atomic E-state index is 5.03. The molecule has 3 aromatic rings. The van der Waals surface area contributed by atoms with Crippen molar-refractivity contribution in [3.05, 3.63) is 31.1 Å². The van der Waals surface area contributed by atoms with Gasteiger partial charge in [-0.3, -0.25) is 0 Å². The van der Waals surface area contributed by atoms with Crippen molar-refractivity contribution >= 4 is 22.0 Å². The second kappa shape index (κ2) is 2.26. The summed E-state index contributed by atoms with van der Waals surface area (Å²) in [6, 6.07) is 3.71. The van der Waals surface area contributed by atoms with E-state index in [4.69, 9.17) is 4.42 Å². The fourth-order valence-electron chi connectivity index (χ4n) is 1.29. The minimum atomic E-state index is 0.700. The Labute approximate surface area is 73.2 Å². The topological polar surface area (TPSA) is 51.8 Å². The number of benzene rings is 1. The summed E-state index contributed by atoms with van der Waals surface area (Å²) in [5.74, 6) is 0. The molecule has 2 heterocycles. The number of rotatable bonds is 0. The lowest BCUT2D eigenvalue weighted by Crippen LogP contribution is -1.80. The zero-order valence-electron chi connectivity index (χ0n) is 6.56. The maximum atomic E-state index is 5.03. The van der Waals surface area contributed by atoms with Gasteiger partial charge in [-0.2, -0.15) is 0 Å². The first kappa shape index (κ1) is 6.54. The summed E-state index contributed by atoms with van der Waals surface area (Å²) in [5, 5.41) is 0.956. The molecule has 0 aliphatic heterocycles. The molecule has 0 aliphatic carbocycles. The smallest absolute Gasteiger partial charge is 0.284 e. The Morgan fingerprint density at radius 3 is 3.23 bits per heavy atom. The van der Waals surface area contributed by atoms with Crippen LogP contribution in [0.25, 0.3) is 22.0 Å².